The molecule has 2 aromatic carbocycles. The fraction of sp³-hybridized carbons (Fsp3) is 0.357. The van der Waals surface area contributed by atoms with Crippen molar-refractivity contribution in [2.24, 2.45) is 5.92 Å². The molecule has 1 amide bonds. The van der Waals surface area contributed by atoms with Crippen LogP contribution in [0.5, 0.6) is 0 Å². The number of rotatable bonds is 9. The van der Waals surface area contributed by atoms with Gasteiger partial charge in [0.1, 0.15) is 0 Å². The van der Waals surface area contributed by atoms with Gasteiger partial charge in [-0.2, -0.15) is 0 Å². The zero-order valence-corrected chi connectivity index (χ0v) is 18.7. The van der Waals surface area contributed by atoms with Gasteiger partial charge in [-0.1, -0.05) is 61.4 Å². The van der Waals surface area contributed by atoms with E-state index in [2.05, 4.69) is 57.7 Å². The van der Waals surface area contributed by atoms with E-state index in [9.17, 15) is 4.79 Å². The third-order valence-electron chi connectivity index (χ3n) is 6.43. The Labute approximate surface area is 191 Å². The van der Waals surface area contributed by atoms with E-state index in [1.807, 2.05) is 12.1 Å². The number of pyridine rings is 1. The number of aromatic nitrogens is 1. The van der Waals surface area contributed by atoms with E-state index >= 15 is 0 Å². The molecule has 1 N–H and O–H groups in total. The van der Waals surface area contributed by atoms with Crippen LogP contribution in [0.1, 0.15) is 43.2 Å². The maximum Gasteiger partial charge on any atom is 0.243 e. The Hall–Kier alpha value is -2.98. The Morgan fingerprint density at radius 1 is 1.03 bits per heavy atom. The van der Waals surface area contributed by atoms with Gasteiger partial charge in [-0.15, -0.1) is 0 Å². The number of amides is 1. The van der Waals surface area contributed by atoms with Crippen LogP contribution in [0.2, 0.25) is 0 Å². The number of benzene rings is 2. The number of likely N-dealkylation sites (tertiary alicyclic amines) is 1. The third kappa shape index (κ3) is 6.51. The molecule has 4 heteroatoms. The molecule has 1 saturated heterocycles. The van der Waals surface area contributed by atoms with Crippen LogP contribution in [0, 0.1) is 5.92 Å². The molecule has 0 unspecified atom stereocenters. The van der Waals surface area contributed by atoms with Gasteiger partial charge in [0, 0.05) is 31.6 Å². The summed E-state index contributed by atoms with van der Waals surface area (Å²) in [6.45, 7) is 4.16. The molecule has 1 aliphatic heterocycles. The Bertz CT molecular complexity index is 1020. The maximum absolute atomic E-state index is 11.9. The quantitative estimate of drug-likeness (QED) is 0.365. The smallest absolute Gasteiger partial charge is 0.243 e. The molecule has 0 spiro atoms. The molecular formula is C28H33N3O. The van der Waals surface area contributed by atoms with Gasteiger partial charge in [0.05, 0.1) is 0 Å². The van der Waals surface area contributed by atoms with E-state index in [1.165, 1.54) is 55.1 Å². The van der Waals surface area contributed by atoms with Crippen molar-refractivity contribution in [3.8, 4) is 0 Å². The van der Waals surface area contributed by atoms with E-state index in [0.717, 1.165) is 31.0 Å². The van der Waals surface area contributed by atoms with Gasteiger partial charge in [-0.25, -0.2) is 0 Å². The molecule has 0 atom stereocenters. The predicted molar refractivity (Wildman–Crippen MR) is 132 cm³/mol. The van der Waals surface area contributed by atoms with Crippen molar-refractivity contribution in [3.63, 3.8) is 0 Å². The second-order valence-electron chi connectivity index (χ2n) is 8.76. The largest absolute Gasteiger partial charge is 0.353 e. The van der Waals surface area contributed by atoms with Crippen LogP contribution < -0.4 is 5.32 Å². The fourth-order valence-corrected chi connectivity index (χ4v) is 4.58. The molecule has 1 fully saturated rings. The molecule has 4 rings (SSSR count). The first-order valence-corrected chi connectivity index (χ1v) is 11.8. The summed E-state index contributed by atoms with van der Waals surface area (Å²) in [5.74, 6) is 0.788. The topological polar surface area (TPSA) is 45.2 Å². The number of hydrogen-bond donors (Lipinski definition) is 1. The normalized spacial score (nSPS) is 15.4. The van der Waals surface area contributed by atoms with Crippen molar-refractivity contribution in [2.45, 2.75) is 38.6 Å². The lowest BCUT2D eigenvalue weighted by Crippen LogP contribution is -2.33. The molecule has 4 nitrogen and oxygen atoms in total. The number of unbranched alkanes of at least 4 members (excludes halogenated alkanes) is 1. The monoisotopic (exact) mass is 427 g/mol. The summed E-state index contributed by atoms with van der Waals surface area (Å²) in [4.78, 5) is 18.6. The molecule has 0 bridgehead atoms. The number of carbonyl (C=O) groups is 1. The lowest BCUT2D eigenvalue weighted by molar-refractivity contribution is -0.116. The number of fused-ring (bicyclic) bond motifs is 1. The molecule has 2 heterocycles. The average Bonchev–Trinajstić information content (AvgIpc) is 2.84. The van der Waals surface area contributed by atoms with E-state index in [4.69, 9.17) is 0 Å². The summed E-state index contributed by atoms with van der Waals surface area (Å²) in [6, 6.07) is 19.1. The van der Waals surface area contributed by atoms with Crippen LogP contribution in [-0.4, -0.2) is 35.4 Å². The highest BCUT2D eigenvalue weighted by molar-refractivity contribution is 5.91. The molecule has 1 aromatic heterocycles. The number of nitrogens with zero attached hydrogens (tertiary/aromatic N) is 2. The zero-order chi connectivity index (χ0) is 22.0. The van der Waals surface area contributed by atoms with Crippen molar-refractivity contribution in [1.82, 2.24) is 15.2 Å². The Kier molecular flexibility index (Phi) is 8.05. The standard InChI is InChI=1S/C28H33N3O/c32-28(14-13-24-8-6-17-29-21-24)30-18-4-3-7-23-15-19-31(20-16-23)22-26-11-5-10-25-9-1-2-12-27(25)26/h1-2,5-6,8-14,17,21,23H,3-4,7,15-16,18-20,22H2,(H,30,32). The Morgan fingerprint density at radius 2 is 1.88 bits per heavy atom. The van der Waals surface area contributed by atoms with Crippen LogP contribution in [0.15, 0.2) is 73.1 Å². The van der Waals surface area contributed by atoms with Crippen LogP contribution in [-0.2, 0) is 11.3 Å². The molecule has 3 aromatic rings. The molecule has 166 valence electrons. The minimum Gasteiger partial charge on any atom is -0.353 e. The number of piperidine rings is 1. The second kappa shape index (κ2) is 11.6. The van der Waals surface area contributed by atoms with E-state index in [-0.39, 0.29) is 5.91 Å². The molecular weight excluding hydrogens is 394 g/mol. The molecule has 0 aliphatic carbocycles. The van der Waals surface area contributed by atoms with Gasteiger partial charge in [0.15, 0.2) is 0 Å². The second-order valence-corrected chi connectivity index (χ2v) is 8.76. The molecule has 0 radical (unpaired) electrons. The first kappa shape index (κ1) is 22.2. The lowest BCUT2D eigenvalue weighted by atomic mass is 9.91. The van der Waals surface area contributed by atoms with Crippen molar-refractivity contribution in [3.05, 3.63) is 84.2 Å². The van der Waals surface area contributed by atoms with Crippen molar-refractivity contribution in [1.29, 1.82) is 0 Å². The molecule has 0 saturated carbocycles. The zero-order valence-electron chi connectivity index (χ0n) is 18.7. The van der Waals surface area contributed by atoms with Gasteiger partial charge in [0.2, 0.25) is 5.91 Å². The van der Waals surface area contributed by atoms with Crippen LogP contribution in [0.25, 0.3) is 16.8 Å². The molecule has 1 aliphatic rings. The van der Waals surface area contributed by atoms with E-state index in [0.29, 0.717) is 0 Å². The number of carbonyl (C=O) groups excluding carboxylic acids is 1. The maximum atomic E-state index is 11.9. The highest BCUT2D eigenvalue weighted by Gasteiger charge is 2.19. The molecule has 32 heavy (non-hydrogen) atoms. The van der Waals surface area contributed by atoms with Crippen molar-refractivity contribution >= 4 is 22.8 Å². The summed E-state index contributed by atoms with van der Waals surface area (Å²) >= 11 is 0. The predicted octanol–water partition coefficient (Wildman–Crippen LogP) is 5.45. The van der Waals surface area contributed by atoms with Gasteiger partial charge >= 0.3 is 0 Å². The van der Waals surface area contributed by atoms with Crippen molar-refractivity contribution in [2.75, 3.05) is 19.6 Å². The lowest BCUT2D eigenvalue weighted by Gasteiger charge is -2.32. The van der Waals surface area contributed by atoms with Gasteiger partial charge in [0.25, 0.3) is 0 Å². The van der Waals surface area contributed by atoms with E-state index in [1.54, 1.807) is 24.5 Å². The van der Waals surface area contributed by atoms with Gasteiger partial charge < -0.3 is 5.32 Å². The minimum atomic E-state index is -0.0319. The number of nitrogens with one attached hydrogen (secondary N) is 1. The van der Waals surface area contributed by atoms with Gasteiger partial charge in [-0.05, 0) is 72.3 Å². The van der Waals surface area contributed by atoms with Gasteiger partial charge in [-0.3, -0.25) is 14.7 Å². The Morgan fingerprint density at radius 3 is 2.72 bits per heavy atom. The number of hydrogen-bond acceptors (Lipinski definition) is 3. The first-order valence-electron chi connectivity index (χ1n) is 11.8. The van der Waals surface area contributed by atoms with E-state index < -0.39 is 0 Å². The SMILES string of the molecule is O=C(C=Cc1cccnc1)NCCCCC1CCN(Cc2cccc3ccccc23)CC1. The minimum absolute atomic E-state index is 0.0319. The van der Waals surface area contributed by atoms with Crippen molar-refractivity contribution < 1.29 is 4.79 Å². The summed E-state index contributed by atoms with van der Waals surface area (Å²) in [7, 11) is 0. The fourth-order valence-electron chi connectivity index (χ4n) is 4.58. The highest BCUT2D eigenvalue weighted by atomic mass is 16.1. The third-order valence-corrected chi connectivity index (χ3v) is 6.43. The van der Waals surface area contributed by atoms with Crippen LogP contribution in [0.4, 0.5) is 0 Å². The first-order chi connectivity index (χ1) is 15.8. The van der Waals surface area contributed by atoms with Crippen LogP contribution >= 0.6 is 0 Å². The highest BCUT2D eigenvalue weighted by Crippen LogP contribution is 2.25. The summed E-state index contributed by atoms with van der Waals surface area (Å²) < 4.78 is 0. The summed E-state index contributed by atoms with van der Waals surface area (Å²) in [5, 5.41) is 5.70. The average molecular weight is 428 g/mol. The summed E-state index contributed by atoms with van der Waals surface area (Å²) in [6.07, 6.45) is 12.9. The van der Waals surface area contributed by atoms with Crippen LogP contribution in [0.3, 0.4) is 0 Å². The summed E-state index contributed by atoms with van der Waals surface area (Å²) in [5.41, 5.74) is 2.38. The Balaban J connectivity index is 1.11.